The van der Waals surface area contributed by atoms with Crippen LogP contribution in [0.4, 0.5) is 0 Å². The highest BCUT2D eigenvalue weighted by atomic mass is 35.5. The van der Waals surface area contributed by atoms with Gasteiger partial charge < -0.3 is 4.74 Å². The van der Waals surface area contributed by atoms with Crippen molar-refractivity contribution in [3.63, 3.8) is 0 Å². The summed E-state index contributed by atoms with van der Waals surface area (Å²) in [6.45, 7) is 0.824. The van der Waals surface area contributed by atoms with Gasteiger partial charge in [0.1, 0.15) is 0 Å². The molecule has 0 amide bonds. The van der Waals surface area contributed by atoms with Gasteiger partial charge in [0.15, 0.2) is 0 Å². The van der Waals surface area contributed by atoms with Crippen LogP contribution in [0.25, 0.3) is 0 Å². The van der Waals surface area contributed by atoms with Crippen molar-refractivity contribution in [2.24, 2.45) is 11.8 Å². The summed E-state index contributed by atoms with van der Waals surface area (Å²) in [5.41, 5.74) is 4.18. The van der Waals surface area contributed by atoms with Crippen molar-refractivity contribution in [1.29, 1.82) is 0 Å². The van der Waals surface area contributed by atoms with Crippen molar-refractivity contribution in [1.82, 2.24) is 5.43 Å². The van der Waals surface area contributed by atoms with Crippen molar-refractivity contribution in [2.45, 2.75) is 43.7 Å². The lowest BCUT2D eigenvalue weighted by Crippen LogP contribution is -2.48. The molecular weight excluding hydrogens is 295 g/mol. The Balaban J connectivity index is 1.79. The number of nitrogens with two attached hydrogens (primary N) is 1. The fourth-order valence-corrected chi connectivity index (χ4v) is 3.79. The van der Waals surface area contributed by atoms with E-state index in [4.69, 9.17) is 33.8 Å². The van der Waals surface area contributed by atoms with Gasteiger partial charge in [-0.1, -0.05) is 29.3 Å². The lowest BCUT2D eigenvalue weighted by atomic mass is 9.70. The largest absolute Gasteiger partial charge is 0.375 e. The van der Waals surface area contributed by atoms with Crippen LogP contribution < -0.4 is 11.3 Å². The summed E-state index contributed by atoms with van der Waals surface area (Å²) < 4.78 is 5.99. The number of ether oxygens (including phenoxy) is 1. The van der Waals surface area contributed by atoms with Crippen LogP contribution in [-0.4, -0.2) is 12.2 Å². The molecule has 1 heterocycles. The average Bonchev–Trinajstić information content (AvgIpc) is 2.42. The van der Waals surface area contributed by atoms with E-state index in [2.05, 4.69) is 5.43 Å². The summed E-state index contributed by atoms with van der Waals surface area (Å²) in [5, 5.41) is 1.16. The van der Waals surface area contributed by atoms with Gasteiger partial charge in [0.05, 0.1) is 15.6 Å². The van der Waals surface area contributed by atoms with E-state index in [1.54, 1.807) is 0 Å². The van der Waals surface area contributed by atoms with Gasteiger partial charge in [0.2, 0.25) is 0 Å². The van der Waals surface area contributed by atoms with Crippen LogP contribution in [0.2, 0.25) is 10.0 Å². The Bertz CT molecular complexity index is 491. The van der Waals surface area contributed by atoms with Crippen molar-refractivity contribution < 1.29 is 4.74 Å². The molecule has 2 unspecified atom stereocenters. The minimum atomic E-state index is 0.103. The standard InChI is InChI=1S/C15H20Cl2N2O/c16-12-3-2-10(8-13(12)17)14(19-18)11-4-7-20-15(9-11)5-1-6-15/h2-3,8,11,14,19H,1,4-7,9,18H2. The predicted molar refractivity (Wildman–Crippen MR) is 81.8 cm³/mol. The van der Waals surface area contributed by atoms with E-state index < -0.39 is 0 Å². The number of hydrazine groups is 1. The lowest BCUT2D eigenvalue weighted by molar-refractivity contribution is -0.147. The molecule has 2 aliphatic rings. The fourth-order valence-electron chi connectivity index (χ4n) is 3.48. The third-order valence-corrected chi connectivity index (χ3v) is 5.49. The van der Waals surface area contributed by atoms with E-state index in [-0.39, 0.29) is 11.6 Å². The summed E-state index contributed by atoms with van der Waals surface area (Å²) in [5.74, 6) is 6.28. The highest BCUT2D eigenvalue weighted by Gasteiger charge is 2.44. The molecule has 0 bridgehead atoms. The van der Waals surface area contributed by atoms with Gasteiger partial charge in [0.25, 0.3) is 0 Å². The third kappa shape index (κ3) is 2.70. The minimum Gasteiger partial charge on any atom is -0.375 e. The zero-order chi connectivity index (χ0) is 14.2. The molecule has 1 saturated carbocycles. The van der Waals surface area contributed by atoms with Crippen LogP contribution in [0.3, 0.4) is 0 Å². The van der Waals surface area contributed by atoms with Crippen LogP contribution in [0.15, 0.2) is 18.2 Å². The van der Waals surface area contributed by atoms with Gasteiger partial charge in [-0.05, 0) is 55.7 Å². The maximum Gasteiger partial charge on any atom is 0.0686 e. The second-order valence-corrected chi connectivity index (χ2v) is 6.77. The van der Waals surface area contributed by atoms with Crippen LogP contribution in [0, 0.1) is 5.92 Å². The zero-order valence-corrected chi connectivity index (χ0v) is 12.9. The summed E-state index contributed by atoms with van der Waals surface area (Å²) in [7, 11) is 0. The first-order valence-electron chi connectivity index (χ1n) is 7.19. The van der Waals surface area contributed by atoms with Crippen molar-refractivity contribution >= 4 is 23.2 Å². The summed E-state index contributed by atoms with van der Waals surface area (Å²) >= 11 is 12.1. The van der Waals surface area contributed by atoms with E-state index in [1.165, 1.54) is 19.3 Å². The Morgan fingerprint density at radius 3 is 2.70 bits per heavy atom. The predicted octanol–water partition coefficient (Wildman–Crippen LogP) is 3.85. The highest BCUT2D eigenvalue weighted by Crippen LogP contribution is 2.47. The van der Waals surface area contributed by atoms with E-state index >= 15 is 0 Å². The Morgan fingerprint density at radius 1 is 1.30 bits per heavy atom. The van der Waals surface area contributed by atoms with Gasteiger partial charge in [-0.2, -0.15) is 0 Å². The molecular formula is C15H20Cl2N2O. The van der Waals surface area contributed by atoms with Gasteiger partial charge in [-0.25, -0.2) is 0 Å². The molecule has 1 aromatic rings. The van der Waals surface area contributed by atoms with E-state index in [0.717, 1.165) is 25.0 Å². The lowest BCUT2D eigenvalue weighted by Gasteiger charge is -2.48. The van der Waals surface area contributed by atoms with Crippen molar-refractivity contribution in [3.05, 3.63) is 33.8 Å². The first kappa shape index (κ1) is 14.6. The molecule has 20 heavy (non-hydrogen) atoms. The smallest absolute Gasteiger partial charge is 0.0686 e. The van der Waals surface area contributed by atoms with E-state index in [0.29, 0.717) is 16.0 Å². The van der Waals surface area contributed by atoms with E-state index in [1.807, 2.05) is 18.2 Å². The maximum atomic E-state index is 6.12. The van der Waals surface area contributed by atoms with Gasteiger partial charge >= 0.3 is 0 Å². The number of halogens is 2. The fraction of sp³-hybridized carbons (Fsp3) is 0.600. The third-order valence-electron chi connectivity index (χ3n) is 4.75. The topological polar surface area (TPSA) is 47.3 Å². The monoisotopic (exact) mass is 314 g/mol. The second-order valence-electron chi connectivity index (χ2n) is 5.96. The highest BCUT2D eigenvalue weighted by molar-refractivity contribution is 6.42. The van der Waals surface area contributed by atoms with Gasteiger partial charge in [0, 0.05) is 12.6 Å². The molecule has 110 valence electrons. The van der Waals surface area contributed by atoms with Crippen molar-refractivity contribution in [3.8, 4) is 0 Å². The van der Waals surface area contributed by atoms with Crippen LogP contribution in [0.5, 0.6) is 0 Å². The molecule has 3 rings (SSSR count). The molecule has 1 spiro atoms. The molecule has 0 radical (unpaired) electrons. The Morgan fingerprint density at radius 2 is 2.10 bits per heavy atom. The average molecular weight is 315 g/mol. The number of rotatable bonds is 3. The number of nitrogens with one attached hydrogen (secondary N) is 1. The Labute approximate surface area is 129 Å². The number of benzene rings is 1. The van der Waals surface area contributed by atoms with Crippen LogP contribution in [-0.2, 0) is 4.74 Å². The Hall–Kier alpha value is -0.320. The van der Waals surface area contributed by atoms with Crippen molar-refractivity contribution in [2.75, 3.05) is 6.61 Å². The molecule has 1 aliphatic carbocycles. The quantitative estimate of drug-likeness (QED) is 0.658. The Kier molecular flexibility index (Phi) is 4.25. The molecule has 3 N–H and O–H groups in total. The number of hydrogen-bond acceptors (Lipinski definition) is 3. The maximum absolute atomic E-state index is 6.12. The molecule has 1 saturated heterocycles. The van der Waals surface area contributed by atoms with Gasteiger partial charge in [-0.3, -0.25) is 11.3 Å². The first-order chi connectivity index (χ1) is 9.63. The SMILES string of the molecule is NNC(c1ccc(Cl)c(Cl)c1)C1CCOC2(CCC2)C1. The van der Waals surface area contributed by atoms with E-state index in [9.17, 15) is 0 Å². The first-order valence-corrected chi connectivity index (χ1v) is 7.94. The molecule has 0 aromatic heterocycles. The molecule has 5 heteroatoms. The zero-order valence-electron chi connectivity index (χ0n) is 11.4. The summed E-state index contributed by atoms with van der Waals surface area (Å²) in [4.78, 5) is 0. The normalized spacial score (nSPS) is 26.2. The van der Waals surface area contributed by atoms with Crippen LogP contribution in [0.1, 0.15) is 43.7 Å². The van der Waals surface area contributed by atoms with Crippen LogP contribution >= 0.6 is 23.2 Å². The minimum absolute atomic E-state index is 0.103. The molecule has 1 aliphatic heterocycles. The summed E-state index contributed by atoms with van der Waals surface area (Å²) in [6.07, 6.45) is 5.74. The second kappa shape index (κ2) is 5.82. The number of hydrogen-bond donors (Lipinski definition) is 2. The van der Waals surface area contributed by atoms with Gasteiger partial charge in [-0.15, -0.1) is 0 Å². The molecule has 3 nitrogen and oxygen atoms in total. The summed E-state index contributed by atoms with van der Waals surface area (Å²) in [6, 6.07) is 5.85. The molecule has 2 fully saturated rings. The molecule has 1 aromatic carbocycles. The molecule has 2 atom stereocenters.